The standard InChI is InChI=1S/C12H15N/c1-6-11(7-2)12(8-3)10(5)13-9-4/h1,7-9H,3H2,2,4-5H3/b11-7-,12-10+,13-9?. The van der Waals surface area contributed by atoms with Crippen molar-refractivity contribution in [3.63, 3.8) is 0 Å². The number of hydrogen-bond acceptors (Lipinski definition) is 1. The van der Waals surface area contributed by atoms with Crippen LogP contribution in [-0.4, -0.2) is 6.21 Å². The van der Waals surface area contributed by atoms with Crippen LogP contribution >= 0.6 is 0 Å². The molecule has 0 fully saturated rings. The van der Waals surface area contributed by atoms with Crippen molar-refractivity contribution < 1.29 is 0 Å². The molecule has 0 aliphatic rings. The van der Waals surface area contributed by atoms with Crippen molar-refractivity contribution in [2.45, 2.75) is 20.8 Å². The highest BCUT2D eigenvalue weighted by Crippen LogP contribution is 2.15. The zero-order valence-corrected chi connectivity index (χ0v) is 8.46. The molecule has 0 radical (unpaired) electrons. The van der Waals surface area contributed by atoms with E-state index < -0.39 is 0 Å². The molecule has 0 amide bonds. The maximum absolute atomic E-state index is 5.34. The van der Waals surface area contributed by atoms with E-state index in [0.29, 0.717) is 0 Å². The van der Waals surface area contributed by atoms with Crippen molar-refractivity contribution in [1.29, 1.82) is 0 Å². The molecule has 0 unspecified atom stereocenters. The third-order valence-electron chi connectivity index (χ3n) is 1.65. The van der Waals surface area contributed by atoms with Crippen molar-refractivity contribution in [2.75, 3.05) is 0 Å². The number of allylic oxidation sites excluding steroid dienone is 5. The number of hydrogen-bond donors (Lipinski definition) is 0. The highest BCUT2D eigenvalue weighted by atomic mass is 14.7. The van der Waals surface area contributed by atoms with Gasteiger partial charge in [0.05, 0.1) is 0 Å². The largest absolute Gasteiger partial charge is 0.266 e. The smallest absolute Gasteiger partial charge is 0.0453 e. The summed E-state index contributed by atoms with van der Waals surface area (Å²) in [4.78, 5) is 4.16. The summed E-state index contributed by atoms with van der Waals surface area (Å²) >= 11 is 0. The van der Waals surface area contributed by atoms with Crippen LogP contribution in [0.15, 0.2) is 40.6 Å². The first-order chi connectivity index (χ1) is 6.21. The zero-order valence-electron chi connectivity index (χ0n) is 8.46. The van der Waals surface area contributed by atoms with E-state index in [2.05, 4.69) is 17.5 Å². The Hall–Kier alpha value is -1.55. The van der Waals surface area contributed by atoms with E-state index in [9.17, 15) is 0 Å². The summed E-state index contributed by atoms with van der Waals surface area (Å²) in [6.07, 6.45) is 10.7. The van der Waals surface area contributed by atoms with Gasteiger partial charge in [-0.1, -0.05) is 24.7 Å². The van der Waals surface area contributed by atoms with Gasteiger partial charge in [0.15, 0.2) is 0 Å². The summed E-state index contributed by atoms with van der Waals surface area (Å²) in [6, 6.07) is 0. The van der Waals surface area contributed by atoms with Crippen molar-refractivity contribution in [2.24, 2.45) is 4.99 Å². The van der Waals surface area contributed by atoms with Crippen LogP contribution in [0.4, 0.5) is 0 Å². The third-order valence-corrected chi connectivity index (χ3v) is 1.65. The van der Waals surface area contributed by atoms with Crippen LogP contribution in [0.5, 0.6) is 0 Å². The van der Waals surface area contributed by atoms with E-state index >= 15 is 0 Å². The first-order valence-corrected chi connectivity index (χ1v) is 4.16. The topological polar surface area (TPSA) is 12.4 Å². The van der Waals surface area contributed by atoms with Crippen LogP contribution in [-0.2, 0) is 0 Å². The quantitative estimate of drug-likeness (QED) is 0.353. The van der Waals surface area contributed by atoms with Gasteiger partial charge in [-0.15, -0.1) is 6.42 Å². The van der Waals surface area contributed by atoms with Gasteiger partial charge in [0.2, 0.25) is 0 Å². The molecule has 0 aromatic rings. The Morgan fingerprint density at radius 3 is 2.38 bits per heavy atom. The van der Waals surface area contributed by atoms with Crippen LogP contribution in [0.3, 0.4) is 0 Å². The van der Waals surface area contributed by atoms with Gasteiger partial charge in [0, 0.05) is 23.1 Å². The van der Waals surface area contributed by atoms with Gasteiger partial charge in [0.1, 0.15) is 0 Å². The van der Waals surface area contributed by atoms with E-state index in [0.717, 1.165) is 16.8 Å². The SMILES string of the molecule is C#CC(=C/C)/C(C=C)=C(\C)N=CC. The van der Waals surface area contributed by atoms with Gasteiger partial charge >= 0.3 is 0 Å². The number of rotatable bonds is 3. The fourth-order valence-electron chi connectivity index (χ4n) is 1.03. The molecule has 0 aromatic heterocycles. The molecule has 0 bridgehead atoms. The van der Waals surface area contributed by atoms with Crippen molar-refractivity contribution >= 4 is 6.21 Å². The molecule has 0 saturated carbocycles. The lowest BCUT2D eigenvalue weighted by Gasteiger charge is -2.02. The summed E-state index contributed by atoms with van der Waals surface area (Å²) in [6.45, 7) is 9.40. The first kappa shape index (κ1) is 11.4. The van der Waals surface area contributed by atoms with Crippen LogP contribution in [0.2, 0.25) is 0 Å². The first-order valence-electron chi connectivity index (χ1n) is 4.16. The highest BCUT2D eigenvalue weighted by Gasteiger charge is 2.00. The maximum atomic E-state index is 5.34. The summed E-state index contributed by atoms with van der Waals surface area (Å²) < 4.78 is 0. The maximum Gasteiger partial charge on any atom is 0.0453 e. The Labute approximate surface area is 80.6 Å². The van der Waals surface area contributed by atoms with E-state index in [4.69, 9.17) is 6.42 Å². The van der Waals surface area contributed by atoms with E-state index in [1.807, 2.05) is 26.8 Å². The lowest BCUT2D eigenvalue weighted by molar-refractivity contribution is 1.26. The zero-order chi connectivity index (χ0) is 10.3. The molecule has 0 spiro atoms. The van der Waals surface area contributed by atoms with Gasteiger partial charge in [0.25, 0.3) is 0 Å². The molecule has 0 aliphatic heterocycles. The van der Waals surface area contributed by atoms with Crippen LogP contribution in [0, 0.1) is 12.3 Å². The van der Waals surface area contributed by atoms with E-state index in [1.165, 1.54) is 0 Å². The van der Waals surface area contributed by atoms with Gasteiger partial charge in [-0.25, -0.2) is 0 Å². The Morgan fingerprint density at radius 1 is 1.46 bits per heavy atom. The Kier molecular flexibility index (Phi) is 5.30. The molecule has 0 atom stereocenters. The molecule has 0 heterocycles. The average Bonchev–Trinajstić information content (AvgIpc) is 2.14. The van der Waals surface area contributed by atoms with Crippen molar-refractivity contribution in [3.05, 3.63) is 35.6 Å². The Bertz CT molecular complexity index is 309. The van der Waals surface area contributed by atoms with E-state index in [-0.39, 0.29) is 0 Å². The monoisotopic (exact) mass is 173 g/mol. The number of nitrogens with zero attached hydrogens (tertiary/aromatic N) is 1. The predicted molar refractivity (Wildman–Crippen MR) is 59.7 cm³/mol. The second kappa shape index (κ2) is 6.02. The van der Waals surface area contributed by atoms with Gasteiger partial charge in [-0.2, -0.15) is 0 Å². The molecular weight excluding hydrogens is 158 g/mol. The Balaban J connectivity index is 5.24. The molecule has 0 aliphatic carbocycles. The summed E-state index contributed by atoms with van der Waals surface area (Å²) in [5.41, 5.74) is 2.64. The van der Waals surface area contributed by atoms with Crippen molar-refractivity contribution in [1.82, 2.24) is 0 Å². The summed E-state index contributed by atoms with van der Waals surface area (Å²) in [5, 5.41) is 0. The highest BCUT2D eigenvalue weighted by molar-refractivity contribution is 5.58. The second-order valence-electron chi connectivity index (χ2n) is 2.44. The molecule has 13 heavy (non-hydrogen) atoms. The molecule has 0 saturated heterocycles. The molecule has 0 rings (SSSR count). The molecule has 1 heteroatoms. The number of terminal acetylenes is 1. The third kappa shape index (κ3) is 3.13. The number of aliphatic imine (C=N–C) groups is 1. The minimum absolute atomic E-state index is 0.832. The second-order valence-corrected chi connectivity index (χ2v) is 2.44. The van der Waals surface area contributed by atoms with Crippen LogP contribution in [0.1, 0.15) is 20.8 Å². The predicted octanol–water partition coefficient (Wildman–Crippen LogP) is 3.12. The van der Waals surface area contributed by atoms with Gasteiger partial charge < -0.3 is 0 Å². The summed E-state index contributed by atoms with van der Waals surface area (Å²) in [5.74, 6) is 2.60. The van der Waals surface area contributed by atoms with Crippen LogP contribution < -0.4 is 0 Å². The molecule has 1 nitrogen and oxygen atoms in total. The van der Waals surface area contributed by atoms with Gasteiger partial charge in [-0.05, 0) is 20.8 Å². The summed E-state index contributed by atoms with van der Waals surface area (Å²) in [7, 11) is 0. The molecule has 0 N–H and O–H groups in total. The minimum Gasteiger partial charge on any atom is -0.266 e. The Morgan fingerprint density at radius 2 is 2.08 bits per heavy atom. The fraction of sp³-hybridized carbons (Fsp3) is 0.250. The normalized spacial score (nSPS) is 13.8. The van der Waals surface area contributed by atoms with Crippen LogP contribution in [0.25, 0.3) is 0 Å². The average molecular weight is 173 g/mol. The fourth-order valence-corrected chi connectivity index (χ4v) is 1.03. The van der Waals surface area contributed by atoms with Crippen molar-refractivity contribution in [3.8, 4) is 12.3 Å². The lowest BCUT2D eigenvalue weighted by atomic mass is 10.1. The molecule has 0 aromatic carbocycles. The molecular formula is C12H15N. The van der Waals surface area contributed by atoms with E-state index in [1.54, 1.807) is 12.3 Å². The lowest BCUT2D eigenvalue weighted by Crippen LogP contribution is -1.87. The molecule has 68 valence electrons. The minimum atomic E-state index is 0.832. The van der Waals surface area contributed by atoms with Gasteiger partial charge in [-0.3, -0.25) is 4.99 Å².